The molecule has 0 aliphatic carbocycles. The molecule has 0 aromatic heterocycles. The molecule has 2 aromatic rings. The fourth-order valence-electron chi connectivity index (χ4n) is 1.75. The number of aliphatic hydroxyl groups excluding tert-OH is 1. The molecule has 108 valence electrons. The number of ether oxygens (including phenoxy) is 2. The molecule has 0 saturated carbocycles. The van der Waals surface area contributed by atoms with Crippen molar-refractivity contribution in [1.82, 2.24) is 0 Å². The molecule has 0 aliphatic rings. The maximum Gasteiger partial charge on any atom is 0.341 e. The maximum absolute atomic E-state index is 11.7. The highest BCUT2D eigenvalue weighted by molar-refractivity contribution is 6.30. The Morgan fingerprint density at radius 3 is 2.43 bits per heavy atom. The van der Waals surface area contributed by atoms with Gasteiger partial charge >= 0.3 is 5.97 Å². The van der Waals surface area contributed by atoms with Crippen molar-refractivity contribution in [3.05, 3.63) is 65.4 Å². The predicted molar refractivity (Wildman–Crippen MR) is 80.6 cm³/mol. The van der Waals surface area contributed by atoms with Gasteiger partial charge in [0, 0.05) is 10.6 Å². The van der Waals surface area contributed by atoms with Gasteiger partial charge in [-0.05, 0) is 30.3 Å². The fraction of sp³-hybridized carbons (Fsp3) is 0.0625. The molecule has 0 radical (unpaired) electrons. The average Bonchev–Trinajstić information content (AvgIpc) is 2.51. The second kappa shape index (κ2) is 6.81. The zero-order valence-electron chi connectivity index (χ0n) is 11.2. The minimum atomic E-state index is -0.648. The third kappa shape index (κ3) is 3.55. The summed E-state index contributed by atoms with van der Waals surface area (Å²) in [7, 11) is 1.24. The van der Waals surface area contributed by atoms with Crippen LogP contribution in [-0.2, 0) is 9.53 Å². The lowest BCUT2D eigenvalue weighted by atomic mass is 10.1. The summed E-state index contributed by atoms with van der Waals surface area (Å²) in [5.74, 6) is 0.337. The van der Waals surface area contributed by atoms with E-state index in [1.807, 2.05) is 0 Å². The van der Waals surface area contributed by atoms with E-state index in [1.165, 1.54) is 7.11 Å². The number of hydrogen-bond donors (Lipinski definition) is 1. The number of aliphatic hydroxyl groups is 1. The second-order valence-corrected chi connectivity index (χ2v) is 4.52. The molecule has 0 atom stereocenters. The van der Waals surface area contributed by atoms with Crippen molar-refractivity contribution in [1.29, 1.82) is 0 Å². The van der Waals surface area contributed by atoms with E-state index in [4.69, 9.17) is 16.3 Å². The topological polar surface area (TPSA) is 55.8 Å². The summed E-state index contributed by atoms with van der Waals surface area (Å²) >= 11 is 5.82. The largest absolute Gasteiger partial charge is 0.515 e. The van der Waals surface area contributed by atoms with Crippen molar-refractivity contribution in [3.63, 3.8) is 0 Å². The van der Waals surface area contributed by atoms with E-state index in [9.17, 15) is 9.90 Å². The molecule has 0 aliphatic heterocycles. The van der Waals surface area contributed by atoms with Gasteiger partial charge in [-0.25, -0.2) is 4.79 Å². The van der Waals surface area contributed by atoms with E-state index in [2.05, 4.69) is 4.74 Å². The Labute approximate surface area is 127 Å². The summed E-state index contributed by atoms with van der Waals surface area (Å²) in [5, 5.41) is 9.87. The molecular formula is C16H13ClO4. The number of para-hydroxylation sites is 1. The summed E-state index contributed by atoms with van der Waals surface area (Å²) in [6.07, 6.45) is 0.704. The van der Waals surface area contributed by atoms with Gasteiger partial charge in [-0.15, -0.1) is 0 Å². The van der Waals surface area contributed by atoms with Crippen molar-refractivity contribution in [2.45, 2.75) is 0 Å². The third-order valence-electron chi connectivity index (χ3n) is 2.75. The van der Waals surface area contributed by atoms with Gasteiger partial charge in [0.1, 0.15) is 17.1 Å². The first kappa shape index (κ1) is 14.9. The van der Waals surface area contributed by atoms with Crippen LogP contribution < -0.4 is 4.74 Å². The summed E-state index contributed by atoms with van der Waals surface area (Å²) in [6.45, 7) is 0. The summed E-state index contributed by atoms with van der Waals surface area (Å²) < 4.78 is 10.4. The van der Waals surface area contributed by atoms with Crippen LogP contribution in [0.4, 0.5) is 0 Å². The van der Waals surface area contributed by atoms with Crippen molar-refractivity contribution in [3.8, 4) is 11.5 Å². The molecule has 0 saturated heterocycles. The first-order chi connectivity index (χ1) is 10.2. The van der Waals surface area contributed by atoms with Gasteiger partial charge in [-0.1, -0.05) is 29.8 Å². The maximum atomic E-state index is 11.7. The molecule has 0 heterocycles. The molecule has 2 rings (SSSR count). The lowest BCUT2D eigenvalue weighted by molar-refractivity contribution is -0.133. The van der Waals surface area contributed by atoms with Gasteiger partial charge in [-0.2, -0.15) is 0 Å². The number of hydrogen-bond acceptors (Lipinski definition) is 4. The molecule has 5 heteroatoms. The van der Waals surface area contributed by atoms with Crippen molar-refractivity contribution in [2.24, 2.45) is 0 Å². The quantitative estimate of drug-likeness (QED) is 0.522. The average molecular weight is 305 g/mol. The molecule has 0 fully saturated rings. The van der Waals surface area contributed by atoms with E-state index in [0.29, 0.717) is 28.3 Å². The Kier molecular flexibility index (Phi) is 4.85. The Balaban J connectivity index is 2.37. The lowest BCUT2D eigenvalue weighted by Gasteiger charge is -2.12. The summed E-state index contributed by atoms with van der Waals surface area (Å²) in [5.41, 5.74) is 0.448. The van der Waals surface area contributed by atoms with E-state index in [1.54, 1.807) is 48.5 Å². The van der Waals surface area contributed by atoms with Crippen LogP contribution in [0.3, 0.4) is 0 Å². The SMILES string of the molecule is COC(=O)/C(=C/O)c1ccccc1Oc1ccc(Cl)cc1. The Hall–Kier alpha value is -2.46. The first-order valence-corrected chi connectivity index (χ1v) is 6.49. The van der Waals surface area contributed by atoms with Crippen LogP contribution in [0.2, 0.25) is 5.02 Å². The number of carbonyl (C=O) groups is 1. The van der Waals surface area contributed by atoms with Crippen LogP contribution in [0.15, 0.2) is 54.8 Å². The van der Waals surface area contributed by atoms with Gasteiger partial charge in [-0.3, -0.25) is 0 Å². The van der Waals surface area contributed by atoms with Crippen LogP contribution in [0, 0.1) is 0 Å². The minimum absolute atomic E-state index is 0.0158. The molecule has 21 heavy (non-hydrogen) atoms. The molecule has 0 amide bonds. The van der Waals surface area contributed by atoms with Crippen LogP contribution in [0.1, 0.15) is 5.56 Å². The second-order valence-electron chi connectivity index (χ2n) is 4.09. The number of methoxy groups -OCH3 is 1. The van der Waals surface area contributed by atoms with Crippen molar-refractivity contribution < 1.29 is 19.4 Å². The number of benzene rings is 2. The lowest BCUT2D eigenvalue weighted by Crippen LogP contribution is -2.05. The van der Waals surface area contributed by atoms with Crippen molar-refractivity contribution >= 4 is 23.1 Å². The molecule has 0 bridgehead atoms. The number of rotatable bonds is 4. The standard InChI is InChI=1S/C16H13ClO4/c1-20-16(19)14(10-18)13-4-2-3-5-15(13)21-12-8-6-11(17)7-9-12/h2-10,18H,1H3/b14-10+. The third-order valence-corrected chi connectivity index (χ3v) is 3.01. The Morgan fingerprint density at radius 2 is 1.81 bits per heavy atom. The zero-order chi connectivity index (χ0) is 15.2. The van der Waals surface area contributed by atoms with E-state index >= 15 is 0 Å². The monoisotopic (exact) mass is 304 g/mol. The smallest absolute Gasteiger partial charge is 0.341 e. The van der Waals surface area contributed by atoms with Gasteiger partial charge in [0.2, 0.25) is 0 Å². The highest BCUT2D eigenvalue weighted by Crippen LogP contribution is 2.31. The fourth-order valence-corrected chi connectivity index (χ4v) is 1.88. The van der Waals surface area contributed by atoms with E-state index < -0.39 is 5.97 Å². The Morgan fingerprint density at radius 1 is 1.14 bits per heavy atom. The van der Waals surface area contributed by atoms with E-state index in [-0.39, 0.29) is 5.57 Å². The predicted octanol–water partition coefficient (Wildman–Crippen LogP) is 4.20. The van der Waals surface area contributed by atoms with Crippen molar-refractivity contribution in [2.75, 3.05) is 7.11 Å². The molecule has 0 spiro atoms. The summed E-state index contributed by atoms with van der Waals surface area (Å²) in [6, 6.07) is 13.7. The van der Waals surface area contributed by atoms with Crippen LogP contribution in [-0.4, -0.2) is 18.2 Å². The molecule has 0 unspecified atom stereocenters. The van der Waals surface area contributed by atoms with Gasteiger partial charge < -0.3 is 14.6 Å². The van der Waals surface area contributed by atoms with E-state index in [0.717, 1.165) is 0 Å². The minimum Gasteiger partial charge on any atom is -0.515 e. The van der Waals surface area contributed by atoms with Gasteiger partial charge in [0.15, 0.2) is 0 Å². The van der Waals surface area contributed by atoms with Crippen LogP contribution >= 0.6 is 11.6 Å². The first-order valence-electron chi connectivity index (χ1n) is 6.11. The van der Waals surface area contributed by atoms with Crippen LogP contribution in [0.5, 0.6) is 11.5 Å². The van der Waals surface area contributed by atoms with Gasteiger partial charge in [0.05, 0.1) is 13.4 Å². The number of carbonyl (C=O) groups excluding carboxylic acids is 1. The van der Waals surface area contributed by atoms with Gasteiger partial charge in [0.25, 0.3) is 0 Å². The zero-order valence-corrected chi connectivity index (χ0v) is 12.0. The Bertz CT molecular complexity index is 662. The highest BCUT2D eigenvalue weighted by atomic mass is 35.5. The molecular weight excluding hydrogens is 292 g/mol. The molecule has 2 aromatic carbocycles. The molecule has 4 nitrogen and oxygen atoms in total. The number of halogens is 1. The summed E-state index contributed by atoms with van der Waals surface area (Å²) in [4.78, 5) is 11.7. The molecule has 1 N–H and O–H groups in total. The highest BCUT2D eigenvalue weighted by Gasteiger charge is 2.17. The normalized spacial score (nSPS) is 11.0. The van der Waals surface area contributed by atoms with Crippen LogP contribution in [0.25, 0.3) is 5.57 Å². The number of esters is 1.